The average molecular weight is 748 g/mol. The predicted molar refractivity (Wildman–Crippen MR) is 221 cm³/mol. The molecule has 2 rings (SSSR count). The Bertz CT molecular complexity index is 1180. The van der Waals surface area contributed by atoms with Crippen LogP contribution in [0.2, 0.25) is 0 Å². The van der Waals surface area contributed by atoms with E-state index in [1.165, 1.54) is 12.0 Å². The maximum atomic E-state index is 13.7. The van der Waals surface area contributed by atoms with Gasteiger partial charge in [0.1, 0.15) is 0 Å². The van der Waals surface area contributed by atoms with Crippen LogP contribution in [-0.4, -0.2) is 80.3 Å². The topological polar surface area (TPSA) is 70.9 Å². The van der Waals surface area contributed by atoms with Gasteiger partial charge in [-0.3, -0.25) is 4.79 Å². The van der Waals surface area contributed by atoms with Crippen LogP contribution in [-0.2, 0) is 9.53 Å². The number of ether oxygens (including phenoxy) is 1. The number of carbonyl (C=O) groups is 1. The number of amides is 1. The molecular formula is C44H78KN5O2. The van der Waals surface area contributed by atoms with Crippen LogP contribution in [0.15, 0.2) is 67.2 Å². The summed E-state index contributed by atoms with van der Waals surface area (Å²) in [5.74, 6) is 1.28. The summed E-state index contributed by atoms with van der Waals surface area (Å²) in [7, 11) is 5.80. The molecule has 1 amide bonds. The summed E-state index contributed by atoms with van der Waals surface area (Å²) in [5, 5.41) is 11.4. The number of rotatable bonds is 22. The van der Waals surface area contributed by atoms with Gasteiger partial charge in [0.05, 0.1) is 18.7 Å². The van der Waals surface area contributed by atoms with Crippen molar-refractivity contribution in [3.63, 3.8) is 0 Å². The van der Waals surface area contributed by atoms with Gasteiger partial charge in [0.25, 0.3) is 0 Å². The average Bonchev–Trinajstić information content (AvgIpc) is 3.60. The first-order chi connectivity index (χ1) is 24.1. The second-order valence-electron chi connectivity index (χ2n) is 15.4. The second kappa shape index (κ2) is 26.6. The number of nitrogens with zero attached hydrogens (tertiary/aromatic N) is 3. The Morgan fingerprint density at radius 2 is 1.62 bits per heavy atom. The summed E-state index contributed by atoms with van der Waals surface area (Å²) in [6, 6.07) is 11.0. The first kappa shape index (κ1) is 50.9. The fraction of sp³-hybridized carbons (Fsp3) is 0.705. The van der Waals surface area contributed by atoms with Crippen molar-refractivity contribution < 1.29 is 60.9 Å². The number of carbonyl (C=O) groups excluding carboxylic acids is 1. The van der Waals surface area contributed by atoms with E-state index in [0.717, 1.165) is 55.7 Å². The molecule has 7 nitrogen and oxygen atoms in total. The van der Waals surface area contributed by atoms with Gasteiger partial charge in [-0.1, -0.05) is 144 Å². The number of benzene rings is 1. The molecule has 292 valence electrons. The quantitative estimate of drug-likeness (QED) is 0.129. The minimum absolute atomic E-state index is 0. The molecule has 9 unspecified atom stereocenters. The molecule has 9 atom stereocenters. The summed E-state index contributed by atoms with van der Waals surface area (Å²) < 4.78 is 6.27. The van der Waals surface area contributed by atoms with Crippen LogP contribution < -0.4 is 62.0 Å². The third kappa shape index (κ3) is 15.2. The Hall–Kier alpha value is -1.13. The van der Waals surface area contributed by atoms with E-state index in [1.54, 1.807) is 0 Å². The van der Waals surface area contributed by atoms with Gasteiger partial charge in [-0.2, -0.15) is 7.05 Å². The molecular weight excluding hydrogens is 670 g/mol. The van der Waals surface area contributed by atoms with Crippen LogP contribution in [0, 0.1) is 23.7 Å². The number of methoxy groups -OCH3 is 1. The fourth-order valence-electron chi connectivity index (χ4n) is 7.75. The van der Waals surface area contributed by atoms with Crippen molar-refractivity contribution in [2.24, 2.45) is 23.7 Å². The van der Waals surface area contributed by atoms with E-state index in [4.69, 9.17) is 4.74 Å². The van der Waals surface area contributed by atoms with E-state index >= 15 is 0 Å². The summed E-state index contributed by atoms with van der Waals surface area (Å²) >= 11 is 0. The maximum absolute atomic E-state index is 13.7. The van der Waals surface area contributed by atoms with Crippen LogP contribution in [0.25, 0.3) is 5.32 Å². The van der Waals surface area contributed by atoms with Crippen LogP contribution in [0.5, 0.6) is 0 Å². The van der Waals surface area contributed by atoms with Crippen LogP contribution >= 0.6 is 0 Å². The van der Waals surface area contributed by atoms with Crippen molar-refractivity contribution in [1.82, 2.24) is 20.4 Å². The maximum Gasteiger partial charge on any atom is 1.00 e. The van der Waals surface area contributed by atoms with Crippen molar-refractivity contribution in [3.05, 3.63) is 78.0 Å². The Labute approximate surface area is 364 Å². The molecule has 52 heavy (non-hydrogen) atoms. The van der Waals surface area contributed by atoms with E-state index in [0.29, 0.717) is 18.4 Å². The third-order valence-corrected chi connectivity index (χ3v) is 11.3. The van der Waals surface area contributed by atoms with E-state index in [-0.39, 0.29) is 105 Å². The van der Waals surface area contributed by atoms with Crippen LogP contribution in [0.1, 0.15) is 119 Å². The normalized spacial score (nSPS) is 18.7. The molecule has 0 saturated carbocycles. The molecule has 1 saturated heterocycles. The molecule has 8 heteroatoms. The largest absolute Gasteiger partial charge is 1.00 e. The van der Waals surface area contributed by atoms with Gasteiger partial charge >= 0.3 is 51.4 Å². The van der Waals surface area contributed by atoms with Gasteiger partial charge in [0.2, 0.25) is 5.91 Å². The smallest absolute Gasteiger partial charge is 0.657 e. The van der Waals surface area contributed by atoms with Crippen molar-refractivity contribution in [1.29, 1.82) is 0 Å². The van der Waals surface area contributed by atoms with Crippen LogP contribution in [0.4, 0.5) is 0 Å². The molecule has 1 aliphatic rings. The standard InChI is InChI=1S/C41H70N5O2.C3H8.K/c1-15-28(5)40(45(13)30(7)26-43-34(11)39(42-12)27(3)4)38(48-14)25-29(6)46-24-20-23-37(46)36(16-2)32(9)41(47)44-33(10)31(8)35-21-18-17-19-22-35;1-3-2;/h17-19,21-22,27-28,31-33,36-40,43H,6-7,11,15-16,20,23-26H2,1-5,8-10,12-14H3,(H,44,47);3H2,1-2H3;/q-1;;+1. The third-order valence-electron chi connectivity index (χ3n) is 11.3. The number of likely N-dealkylation sites (N-methyl/N-ethyl adjacent to an activating group) is 2. The Morgan fingerprint density at radius 3 is 2.12 bits per heavy atom. The zero-order valence-corrected chi connectivity index (χ0v) is 39.2. The Morgan fingerprint density at radius 1 is 1.02 bits per heavy atom. The summed E-state index contributed by atoms with van der Waals surface area (Å²) in [4.78, 5) is 18.5. The molecule has 0 spiro atoms. The fourth-order valence-corrected chi connectivity index (χ4v) is 7.75. The number of hydrogen-bond donors (Lipinski definition) is 2. The molecule has 1 aliphatic heterocycles. The van der Waals surface area contributed by atoms with Gasteiger partial charge in [-0.25, -0.2) is 0 Å². The Kier molecular flexibility index (Phi) is 26.1. The molecule has 0 radical (unpaired) electrons. The molecule has 1 aromatic carbocycles. The van der Waals surface area contributed by atoms with Crippen molar-refractivity contribution in [3.8, 4) is 0 Å². The summed E-state index contributed by atoms with van der Waals surface area (Å²) in [6.45, 7) is 36.7. The van der Waals surface area contributed by atoms with Gasteiger partial charge in [0.15, 0.2) is 0 Å². The molecule has 0 aromatic heterocycles. The van der Waals surface area contributed by atoms with Gasteiger partial charge in [-0.05, 0) is 42.9 Å². The molecule has 1 fully saturated rings. The monoisotopic (exact) mass is 748 g/mol. The molecule has 0 aliphatic carbocycles. The molecule has 1 aromatic rings. The SMILES string of the molecule is C=C(NCC(=C)N(C)C(C(C)CC)C(CC(=C)N1CCCC1C(CC)C(C)C(=O)NC(C)C(C)c1ccccc1)OC)C([N-]C)C(C)C.CCC.[K+]. The number of nitrogens with one attached hydrogen (secondary N) is 2. The van der Waals surface area contributed by atoms with Crippen molar-refractivity contribution in [2.75, 3.05) is 34.3 Å². The summed E-state index contributed by atoms with van der Waals surface area (Å²) in [6.07, 6.45) is 6.07. The van der Waals surface area contributed by atoms with E-state index in [1.807, 2.05) is 20.2 Å². The van der Waals surface area contributed by atoms with Crippen LogP contribution in [0.3, 0.4) is 0 Å². The van der Waals surface area contributed by atoms with E-state index in [9.17, 15) is 4.79 Å². The molecule has 1 heterocycles. The predicted octanol–water partition coefficient (Wildman–Crippen LogP) is 6.75. The summed E-state index contributed by atoms with van der Waals surface area (Å²) in [5.41, 5.74) is 4.26. The number of hydrogen-bond acceptors (Lipinski definition) is 5. The second-order valence-corrected chi connectivity index (χ2v) is 15.4. The zero-order valence-electron chi connectivity index (χ0n) is 36.1. The minimum atomic E-state index is -0.0996. The van der Waals surface area contributed by atoms with E-state index in [2.05, 4.69) is 146 Å². The first-order valence-corrected chi connectivity index (χ1v) is 19.9. The van der Waals surface area contributed by atoms with Gasteiger partial charge in [0, 0.05) is 62.4 Å². The van der Waals surface area contributed by atoms with Gasteiger partial charge < -0.3 is 30.5 Å². The molecule has 2 N–H and O–H groups in total. The van der Waals surface area contributed by atoms with Crippen molar-refractivity contribution >= 4 is 5.91 Å². The molecule has 0 bridgehead atoms. The minimum Gasteiger partial charge on any atom is -0.657 e. The zero-order chi connectivity index (χ0) is 38.8. The van der Waals surface area contributed by atoms with E-state index < -0.39 is 0 Å². The Balaban J connectivity index is 0.00000627. The number of likely N-dealkylation sites (tertiary alicyclic amines) is 1. The van der Waals surface area contributed by atoms with Crippen molar-refractivity contribution in [2.45, 2.75) is 144 Å². The first-order valence-electron chi connectivity index (χ1n) is 19.9. The van der Waals surface area contributed by atoms with Gasteiger partial charge in [-0.15, -0.1) is 0 Å².